The summed E-state index contributed by atoms with van der Waals surface area (Å²) in [5.74, 6) is 1.26. The Bertz CT molecular complexity index is 867. The molecule has 3 saturated carbocycles. The van der Waals surface area contributed by atoms with Gasteiger partial charge in [-0.15, -0.1) is 0 Å². The minimum atomic E-state index is -4.45. The first-order valence-electron chi connectivity index (χ1n) is 9.85. The van der Waals surface area contributed by atoms with Gasteiger partial charge in [0.1, 0.15) is 0 Å². The van der Waals surface area contributed by atoms with Gasteiger partial charge < -0.3 is 0 Å². The molecule has 0 aromatic carbocycles. The Hall–Kier alpha value is -1.24. The number of rotatable bonds is 2. The van der Waals surface area contributed by atoms with E-state index in [0.717, 1.165) is 31.3 Å². The van der Waals surface area contributed by atoms with Crippen molar-refractivity contribution in [3.63, 3.8) is 0 Å². The Morgan fingerprint density at radius 2 is 1.96 bits per heavy atom. The average Bonchev–Trinajstić information content (AvgIpc) is 2.90. The van der Waals surface area contributed by atoms with Crippen molar-refractivity contribution >= 4 is 16.2 Å². The van der Waals surface area contributed by atoms with Crippen LogP contribution >= 0.6 is 0 Å². The summed E-state index contributed by atoms with van der Waals surface area (Å²) in [6, 6.07) is 0. The molecule has 0 saturated heterocycles. The Morgan fingerprint density at radius 3 is 2.63 bits per heavy atom. The van der Waals surface area contributed by atoms with Gasteiger partial charge in [-0.3, -0.25) is 9.35 Å². The molecule has 148 valence electrons. The first-order chi connectivity index (χ1) is 12.6. The van der Waals surface area contributed by atoms with E-state index in [2.05, 4.69) is 26.0 Å². The number of hydrogen-bond donors (Lipinski definition) is 1. The summed E-state index contributed by atoms with van der Waals surface area (Å²) >= 11 is 0. The second-order valence-electron chi connectivity index (χ2n) is 9.11. The van der Waals surface area contributed by atoms with Gasteiger partial charge in [0.05, 0.1) is 6.10 Å². The van der Waals surface area contributed by atoms with Gasteiger partial charge in [0.25, 0.3) is 0 Å². The van der Waals surface area contributed by atoms with E-state index in [9.17, 15) is 17.8 Å². The predicted molar refractivity (Wildman–Crippen MR) is 102 cm³/mol. The van der Waals surface area contributed by atoms with Crippen LogP contribution < -0.4 is 0 Å². The molecule has 5 nitrogen and oxygen atoms in total. The van der Waals surface area contributed by atoms with Gasteiger partial charge in [-0.25, -0.2) is 4.18 Å². The Balaban J connectivity index is 1.71. The van der Waals surface area contributed by atoms with Crippen LogP contribution in [0.2, 0.25) is 0 Å². The van der Waals surface area contributed by atoms with Crippen LogP contribution in [0.4, 0.5) is 0 Å². The van der Waals surface area contributed by atoms with Crippen molar-refractivity contribution in [2.45, 2.75) is 59.0 Å². The van der Waals surface area contributed by atoms with Crippen LogP contribution in [0.25, 0.3) is 0 Å². The summed E-state index contributed by atoms with van der Waals surface area (Å²) in [5, 5.41) is 0. The molecule has 4 aliphatic rings. The highest BCUT2D eigenvalue weighted by molar-refractivity contribution is 7.80. The number of carbonyl (C=O) groups is 1. The summed E-state index contributed by atoms with van der Waals surface area (Å²) < 4.78 is 37.0. The van der Waals surface area contributed by atoms with E-state index in [-0.39, 0.29) is 16.6 Å². The van der Waals surface area contributed by atoms with Crippen LogP contribution in [-0.2, 0) is 19.4 Å². The normalized spacial score (nSPS) is 45.3. The average molecular weight is 393 g/mol. The van der Waals surface area contributed by atoms with Crippen molar-refractivity contribution < 1.29 is 21.9 Å². The van der Waals surface area contributed by atoms with Crippen LogP contribution in [0.3, 0.4) is 0 Å². The number of fused-ring (bicyclic) bond motifs is 5. The van der Waals surface area contributed by atoms with E-state index >= 15 is 0 Å². The number of allylic oxidation sites excluding steroid dienone is 6. The third-order valence-corrected chi connectivity index (χ3v) is 8.44. The van der Waals surface area contributed by atoms with Gasteiger partial charge in [-0.05, 0) is 85.5 Å². The molecule has 6 heteroatoms. The van der Waals surface area contributed by atoms with Crippen molar-refractivity contribution in [2.24, 2.45) is 28.6 Å². The third kappa shape index (κ3) is 2.88. The minimum Gasteiger partial charge on any atom is -0.290 e. The van der Waals surface area contributed by atoms with Gasteiger partial charge in [-0.2, -0.15) is 8.42 Å². The second kappa shape index (κ2) is 6.13. The Kier molecular flexibility index (Phi) is 4.33. The summed E-state index contributed by atoms with van der Waals surface area (Å²) in [4.78, 5) is 12.0. The lowest BCUT2D eigenvalue weighted by atomic mass is 9.47. The van der Waals surface area contributed by atoms with E-state index in [1.54, 1.807) is 12.2 Å². The monoisotopic (exact) mass is 392 g/mol. The summed E-state index contributed by atoms with van der Waals surface area (Å²) in [6.07, 6.45) is 11.6. The van der Waals surface area contributed by atoms with E-state index in [1.165, 1.54) is 5.57 Å². The number of ketones is 1. The van der Waals surface area contributed by atoms with Gasteiger partial charge >= 0.3 is 10.4 Å². The first-order valence-corrected chi connectivity index (χ1v) is 11.2. The topological polar surface area (TPSA) is 80.7 Å². The first kappa shape index (κ1) is 19.1. The van der Waals surface area contributed by atoms with Crippen LogP contribution in [-0.4, -0.2) is 24.9 Å². The maximum Gasteiger partial charge on any atom is 0.397 e. The fraction of sp³-hybridized carbons (Fsp3) is 0.667. The van der Waals surface area contributed by atoms with E-state index in [4.69, 9.17) is 4.18 Å². The maximum absolute atomic E-state index is 12.0. The van der Waals surface area contributed by atoms with Crippen LogP contribution in [0, 0.1) is 28.6 Å². The van der Waals surface area contributed by atoms with E-state index in [0.29, 0.717) is 24.2 Å². The predicted octanol–water partition coefficient (Wildman–Crippen LogP) is 4.04. The minimum absolute atomic E-state index is 0.0587. The van der Waals surface area contributed by atoms with Crippen LogP contribution in [0.1, 0.15) is 52.9 Å². The largest absolute Gasteiger partial charge is 0.397 e. The molecule has 0 aliphatic heterocycles. The maximum atomic E-state index is 12.0. The van der Waals surface area contributed by atoms with Gasteiger partial charge in [0, 0.05) is 5.41 Å². The second-order valence-corrected chi connectivity index (χ2v) is 10.2. The van der Waals surface area contributed by atoms with Gasteiger partial charge in [-0.1, -0.05) is 26.0 Å². The molecule has 4 aliphatic carbocycles. The molecule has 1 N–H and O–H groups in total. The van der Waals surface area contributed by atoms with Gasteiger partial charge in [0.2, 0.25) is 0 Å². The zero-order valence-corrected chi connectivity index (χ0v) is 17.0. The highest BCUT2D eigenvalue weighted by Crippen LogP contribution is 2.65. The van der Waals surface area contributed by atoms with Crippen molar-refractivity contribution in [1.29, 1.82) is 0 Å². The van der Waals surface area contributed by atoms with Crippen molar-refractivity contribution in [3.05, 3.63) is 35.5 Å². The third-order valence-electron chi connectivity index (χ3n) is 7.97. The smallest absolute Gasteiger partial charge is 0.290 e. The molecule has 0 aromatic rings. The highest BCUT2D eigenvalue weighted by atomic mass is 32.3. The van der Waals surface area contributed by atoms with Gasteiger partial charge in [0.15, 0.2) is 5.78 Å². The van der Waals surface area contributed by atoms with Crippen molar-refractivity contribution in [1.82, 2.24) is 0 Å². The molecular weight excluding hydrogens is 364 g/mol. The zero-order valence-electron chi connectivity index (χ0n) is 16.1. The lowest BCUT2D eigenvalue weighted by molar-refractivity contribution is -0.111. The standard InChI is InChI=1S/C21H28O5S/c1-4-13-11-15-16-5-6-19(26-27(23,24)25)21(16,3)10-8-17(15)20(2)9-7-14(22)12-18(13)20/h4,7,9,12,15-17,19H,5-6,8,10-11H2,1-3H3,(H,23,24,25)/t15-,16-,17-,19-,20+,21-/m0/s1. The fourth-order valence-electron chi connectivity index (χ4n) is 6.66. The molecule has 0 unspecified atom stereocenters. The molecule has 4 rings (SSSR count). The molecule has 0 heterocycles. The number of hydrogen-bond acceptors (Lipinski definition) is 4. The molecule has 0 radical (unpaired) electrons. The number of carbonyl (C=O) groups excluding carboxylic acids is 1. The molecular formula is C21H28O5S. The quantitative estimate of drug-likeness (QED) is 0.718. The SMILES string of the molecule is CC=C1C[C@H]2[C@@H]3CC[C@H](OS(=O)(=O)O)[C@@]3(C)CC[C@@H]2[C@@]2(C)C=CC(=O)C=C12. The lowest BCUT2D eigenvalue weighted by Crippen LogP contribution is -2.51. The lowest BCUT2D eigenvalue weighted by Gasteiger charge is -2.57. The summed E-state index contributed by atoms with van der Waals surface area (Å²) in [6.45, 7) is 6.40. The highest BCUT2D eigenvalue weighted by Gasteiger charge is 2.60. The molecule has 0 amide bonds. The zero-order chi connectivity index (χ0) is 19.6. The summed E-state index contributed by atoms with van der Waals surface area (Å²) in [7, 11) is -4.45. The van der Waals surface area contributed by atoms with E-state index < -0.39 is 16.5 Å². The van der Waals surface area contributed by atoms with E-state index in [1.807, 2.05) is 6.92 Å². The Morgan fingerprint density at radius 1 is 1.22 bits per heavy atom. The molecule has 0 spiro atoms. The molecule has 3 fully saturated rings. The van der Waals surface area contributed by atoms with Crippen LogP contribution in [0.5, 0.6) is 0 Å². The summed E-state index contributed by atoms with van der Waals surface area (Å²) in [5.41, 5.74) is 2.00. The Labute approximate surface area is 161 Å². The fourth-order valence-corrected chi connectivity index (χ4v) is 7.27. The van der Waals surface area contributed by atoms with Crippen molar-refractivity contribution in [2.75, 3.05) is 0 Å². The molecule has 0 bridgehead atoms. The van der Waals surface area contributed by atoms with Crippen molar-refractivity contribution in [3.8, 4) is 0 Å². The molecule has 0 aromatic heterocycles. The molecule has 27 heavy (non-hydrogen) atoms. The van der Waals surface area contributed by atoms with Crippen LogP contribution in [0.15, 0.2) is 35.5 Å². The molecule has 6 atom stereocenters.